The van der Waals surface area contributed by atoms with E-state index in [-0.39, 0.29) is 37.1 Å². The lowest BCUT2D eigenvalue weighted by Gasteiger charge is -2.33. The lowest BCUT2D eigenvalue weighted by atomic mass is 9.81. The number of anilines is 2. The Bertz CT molecular complexity index is 1490. The van der Waals surface area contributed by atoms with Crippen molar-refractivity contribution in [2.75, 3.05) is 30.1 Å². The maximum atomic E-state index is 14.0. The molecule has 1 aromatic heterocycles. The largest absolute Gasteiger partial charge is 0.416 e. The summed E-state index contributed by atoms with van der Waals surface area (Å²) in [7, 11) is 1.32. The van der Waals surface area contributed by atoms with E-state index in [1.54, 1.807) is 17.9 Å². The smallest absolute Gasteiger partial charge is 0.394 e. The highest BCUT2D eigenvalue weighted by molar-refractivity contribution is 6.03. The number of nitrogens with zero attached hydrogens (tertiary/aromatic N) is 3. The van der Waals surface area contributed by atoms with Crippen molar-refractivity contribution in [3.8, 4) is 11.1 Å². The SMILES string of the molecule is Cc1cc(F)ccc1-c1cc(N2C(CO)CCC2CO)ncc1N(C)C(=O)C(C)(C)c1cc(C(F)(F)F)cc(C(F)(F)F)c1. The molecule has 2 N–H and O–H groups in total. The fraction of sp³-hybridized carbons (Fsp3) is 0.419. The Morgan fingerprint density at radius 1 is 0.886 bits per heavy atom. The van der Waals surface area contributed by atoms with Gasteiger partial charge in [-0.1, -0.05) is 6.07 Å². The summed E-state index contributed by atoms with van der Waals surface area (Å²) < 4.78 is 95.6. The summed E-state index contributed by atoms with van der Waals surface area (Å²) in [5.74, 6) is -0.989. The van der Waals surface area contributed by atoms with E-state index in [0.29, 0.717) is 47.5 Å². The zero-order chi connectivity index (χ0) is 32.8. The van der Waals surface area contributed by atoms with Crippen LogP contribution in [0.2, 0.25) is 0 Å². The fourth-order valence-electron chi connectivity index (χ4n) is 5.65. The zero-order valence-electron chi connectivity index (χ0n) is 24.4. The second-order valence-corrected chi connectivity index (χ2v) is 11.5. The first kappa shape index (κ1) is 33.2. The van der Waals surface area contributed by atoms with Crippen molar-refractivity contribution in [1.29, 1.82) is 0 Å². The lowest BCUT2D eigenvalue weighted by Crippen LogP contribution is -2.42. The average molecular weight is 628 g/mol. The van der Waals surface area contributed by atoms with Crippen molar-refractivity contribution in [1.82, 2.24) is 4.98 Å². The molecule has 1 aliphatic heterocycles. The molecule has 0 aliphatic carbocycles. The molecule has 4 rings (SSSR count). The molecule has 6 nitrogen and oxygen atoms in total. The van der Waals surface area contributed by atoms with Crippen LogP contribution in [0.4, 0.5) is 42.2 Å². The number of likely N-dealkylation sites (N-methyl/N-ethyl adjacent to an activating group) is 1. The fourth-order valence-corrected chi connectivity index (χ4v) is 5.65. The van der Waals surface area contributed by atoms with Gasteiger partial charge in [-0.25, -0.2) is 9.37 Å². The minimum atomic E-state index is -5.09. The molecule has 2 unspecified atom stereocenters. The number of alkyl halides is 6. The number of aryl methyl sites for hydroxylation is 1. The van der Waals surface area contributed by atoms with E-state index in [9.17, 15) is 45.7 Å². The Morgan fingerprint density at radius 2 is 1.41 bits per heavy atom. The van der Waals surface area contributed by atoms with Gasteiger partial charge in [0.25, 0.3) is 0 Å². The summed E-state index contributed by atoms with van der Waals surface area (Å²) in [4.78, 5) is 21.3. The summed E-state index contributed by atoms with van der Waals surface area (Å²) in [6.07, 6.45) is -7.69. The molecule has 1 saturated heterocycles. The molecule has 1 amide bonds. The van der Waals surface area contributed by atoms with Crippen LogP contribution in [-0.2, 0) is 22.6 Å². The van der Waals surface area contributed by atoms with Crippen molar-refractivity contribution >= 4 is 17.4 Å². The van der Waals surface area contributed by atoms with E-state index in [4.69, 9.17) is 0 Å². The van der Waals surface area contributed by atoms with Crippen LogP contribution in [0.5, 0.6) is 0 Å². The van der Waals surface area contributed by atoms with Crippen molar-refractivity contribution in [3.05, 3.63) is 76.7 Å². The van der Waals surface area contributed by atoms with Crippen molar-refractivity contribution < 1.29 is 45.7 Å². The Hall–Kier alpha value is -3.71. The molecule has 0 radical (unpaired) electrons. The van der Waals surface area contributed by atoms with Gasteiger partial charge in [-0.2, -0.15) is 26.3 Å². The van der Waals surface area contributed by atoms with E-state index >= 15 is 0 Å². The number of aromatic nitrogens is 1. The third kappa shape index (κ3) is 6.39. The molecule has 2 atom stereocenters. The maximum Gasteiger partial charge on any atom is 0.416 e. The number of pyridine rings is 1. The third-order valence-electron chi connectivity index (χ3n) is 8.16. The second-order valence-electron chi connectivity index (χ2n) is 11.5. The van der Waals surface area contributed by atoms with Gasteiger partial charge in [0.15, 0.2) is 0 Å². The number of aliphatic hydroxyl groups excluding tert-OH is 2. The van der Waals surface area contributed by atoms with E-state index in [2.05, 4.69) is 4.98 Å². The minimum absolute atomic E-state index is 0.00345. The first-order chi connectivity index (χ1) is 20.4. The standard InChI is InChI=1S/C31H32F7N3O3/c1-17-9-21(32)5-8-24(17)25-13-27(41-22(15-42)6-7-23(41)16-43)39-14-26(25)40(4)28(44)29(2,3)18-10-19(30(33,34)35)12-20(11-18)31(36,37)38/h5,8-14,22-23,42-43H,6-7,15-16H2,1-4H3. The quantitative estimate of drug-likeness (QED) is 0.293. The Labute approximate surface area is 249 Å². The van der Waals surface area contributed by atoms with Crippen LogP contribution in [0.15, 0.2) is 48.7 Å². The number of carbonyl (C=O) groups is 1. The average Bonchev–Trinajstić information content (AvgIpc) is 3.38. The van der Waals surface area contributed by atoms with Gasteiger partial charge in [0.1, 0.15) is 11.6 Å². The number of hydrogen-bond donors (Lipinski definition) is 2. The molecule has 238 valence electrons. The first-order valence-electron chi connectivity index (χ1n) is 13.7. The first-order valence-corrected chi connectivity index (χ1v) is 13.7. The topological polar surface area (TPSA) is 76.9 Å². The summed E-state index contributed by atoms with van der Waals surface area (Å²) in [5, 5.41) is 19.9. The molecule has 0 saturated carbocycles. The van der Waals surface area contributed by atoms with E-state index < -0.39 is 46.2 Å². The number of aliphatic hydroxyl groups is 2. The molecular weight excluding hydrogens is 595 g/mol. The second kappa shape index (κ2) is 12.0. The third-order valence-corrected chi connectivity index (χ3v) is 8.16. The number of carbonyl (C=O) groups excluding carboxylic acids is 1. The molecule has 0 spiro atoms. The predicted molar refractivity (Wildman–Crippen MR) is 151 cm³/mol. The number of hydrogen-bond acceptors (Lipinski definition) is 5. The van der Waals surface area contributed by atoms with Crippen molar-refractivity contribution in [2.45, 2.75) is 63.5 Å². The molecule has 3 aromatic rings. The monoisotopic (exact) mass is 627 g/mol. The van der Waals surface area contributed by atoms with Crippen molar-refractivity contribution in [2.24, 2.45) is 0 Å². The van der Waals surface area contributed by atoms with Crippen LogP contribution in [0.3, 0.4) is 0 Å². The molecular formula is C31H32F7N3O3. The maximum absolute atomic E-state index is 14.0. The number of rotatable bonds is 7. The van der Waals surface area contributed by atoms with Crippen LogP contribution in [0.25, 0.3) is 11.1 Å². The van der Waals surface area contributed by atoms with Gasteiger partial charge in [-0.3, -0.25) is 4.79 Å². The van der Waals surface area contributed by atoms with Gasteiger partial charge >= 0.3 is 12.4 Å². The van der Waals surface area contributed by atoms with E-state index in [0.717, 1.165) is 4.90 Å². The Kier molecular flexibility index (Phi) is 9.05. The van der Waals surface area contributed by atoms with Gasteiger partial charge in [-0.15, -0.1) is 0 Å². The van der Waals surface area contributed by atoms with Crippen LogP contribution < -0.4 is 9.80 Å². The van der Waals surface area contributed by atoms with Crippen LogP contribution in [-0.4, -0.2) is 53.4 Å². The van der Waals surface area contributed by atoms with Crippen LogP contribution in [0, 0.1) is 12.7 Å². The molecule has 0 bridgehead atoms. The Morgan fingerprint density at radius 3 is 1.89 bits per heavy atom. The molecule has 1 aliphatic rings. The summed E-state index contributed by atoms with van der Waals surface area (Å²) in [5.41, 5.74) is -3.94. The molecule has 1 fully saturated rings. The summed E-state index contributed by atoms with van der Waals surface area (Å²) >= 11 is 0. The highest BCUT2D eigenvalue weighted by Gasteiger charge is 2.41. The van der Waals surface area contributed by atoms with Gasteiger partial charge < -0.3 is 20.0 Å². The minimum Gasteiger partial charge on any atom is -0.394 e. The molecule has 2 aromatic carbocycles. The van der Waals surface area contributed by atoms with E-state index in [1.807, 2.05) is 0 Å². The number of benzene rings is 2. The van der Waals surface area contributed by atoms with Crippen LogP contribution >= 0.6 is 0 Å². The lowest BCUT2D eigenvalue weighted by molar-refractivity contribution is -0.143. The normalized spacial score (nSPS) is 17.7. The summed E-state index contributed by atoms with van der Waals surface area (Å²) in [6, 6.07) is 5.94. The number of amides is 1. The van der Waals surface area contributed by atoms with Gasteiger partial charge in [0.05, 0.1) is 53.7 Å². The van der Waals surface area contributed by atoms with Gasteiger partial charge in [-0.05, 0) is 86.7 Å². The van der Waals surface area contributed by atoms with Crippen LogP contribution in [0.1, 0.15) is 48.9 Å². The Balaban J connectivity index is 1.85. The predicted octanol–water partition coefficient (Wildman–Crippen LogP) is 6.50. The highest BCUT2D eigenvalue weighted by atomic mass is 19.4. The van der Waals surface area contributed by atoms with E-state index in [1.165, 1.54) is 45.3 Å². The summed E-state index contributed by atoms with van der Waals surface area (Å²) in [6.45, 7) is 3.67. The molecule has 13 heteroatoms. The van der Waals surface area contributed by atoms with Gasteiger partial charge in [0, 0.05) is 12.6 Å². The number of halogens is 7. The molecule has 2 heterocycles. The highest BCUT2D eigenvalue weighted by Crippen LogP contribution is 2.42. The van der Waals surface area contributed by atoms with Gasteiger partial charge in [0.2, 0.25) is 5.91 Å². The van der Waals surface area contributed by atoms with Crippen molar-refractivity contribution in [3.63, 3.8) is 0 Å². The zero-order valence-corrected chi connectivity index (χ0v) is 24.4. The molecule has 44 heavy (non-hydrogen) atoms.